The fourth-order valence-electron chi connectivity index (χ4n) is 1.59. The summed E-state index contributed by atoms with van der Waals surface area (Å²) in [4.78, 5) is 5.10. The van der Waals surface area contributed by atoms with Crippen LogP contribution < -0.4 is 4.72 Å². The maximum Gasteiger partial charge on any atom is 0.516 e. The van der Waals surface area contributed by atoms with E-state index < -0.39 is 15.5 Å². The second-order valence-corrected chi connectivity index (χ2v) is 7.54. The van der Waals surface area contributed by atoms with Crippen LogP contribution in [0.25, 0.3) is 0 Å². The van der Waals surface area contributed by atoms with Gasteiger partial charge < -0.3 is 4.84 Å². The highest BCUT2D eigenvalue weighted by Gasteiger charge is 2.46. The van der Waals surface area contributed by atoms with Gasteiger partial charge in [-0.25, -0.2) is 0 Å². The van der Waals surface area contributed by atoms with Crippen LogP contribution in [0, 0.1) is 5.92 Å². The summed E-state index contributed by atoms with van der Waals surface area (Å²) in [5, 5.41) is 4.02. The van der Waals surface area contributed by atoms with Crippen molar-refractivity contribution in [3.05, 3.63) is 28.8 Å². The maximum atomic E-state index is 12.5. The molecule has 0 unspecified atom stereocenters. The lowest BCUT2D eigenvalue weighted by molar-refractivity contribution is -0.0429. The molecule has 0 heterocycles. The summed E-state index contributed by atoms with van der Waals surface area (Å²) in [5.41, 5.74) is -5.42. The van der Waals surface area contributed by atoms with Crippen molar-refractivity contribution in [1.29, 1.82) is 0 Å². The molecule has 1 aromatic rings. The highest BCUT2D eigenvalue weighted by atomic mass is 35.5. The Morgan fingerprint density at radius 2 is 2.00 bits per heavy atom. The van der Waals surface area contributed by atoms with E-state index in [-0.39, 0.29) is 22.0 Å². The largest absolute Gasteiger partial charge is 0.516 e. The summed E-state index contributed by atoms with van der Waals surface area (Å²) >= 11 is 5.83. The summed E-state index contributed by atoms with van der Waals surface area (Å²) < 4.78 is 61.6. The number of nitrogens with zero attached hydrogens (tertiary/aromatic N) is 1. The first kappa shape index (κ1) is 20.6. The number of halogens is 4. The molecular formula is C14H18ClF3N2O3S. The summed E-state index contributed by atoms with van der Waals surface area (Å²) in [6, 6.07) is 3.71. The van der Waals surface area contributed by atoms with Crippen LogP contribution in [0.2, 0.25) is 5.02 Å². The lowest BCUT2D eigenvalue weighted by Crippen LogP contribution is -2.30. The van der Waals surface area contributed by atoms with Crippen molar-refractivity contribution in [3.63, 3.8) is 0 Å². The Hall–Kier alpha value is -1.48. The Bertz CT molecular complexity index is 704. The normalized spacial score (nSPS) is 13.2. The molecule has 1 aromatic carbocycles. The van der Waals surface area contributed by atoms with Gasteiger partial charge in [-0.3, -0.25) is 4.72 Å². The van der Waals surface area contributed by atoms with Gasteiger partial charge in [0.05, 0.1) is 11.4 Å². The van der Waals surface area contributed by atoms with Crippen LogP contribution in [0.15, 0.2) is 23.4 Å². The maximum absolute atomic E-state index is 12.5. The van der Waals surface area contributed by atoms with Gasteiger partial charge in [-0.2, -0.15) is 21.6 Å². The number of benzene rings is 1. The molecule has 0 saturated heterocycles. The van der Waals surface area contributed by atoms with E-state index in [0.717, 1.165) is 12.5 Å². The van der Waals surface area contributed by atoms with Gasteiger partial charge in [-0.05, 0) is 37.5 Å². The van der Waals surface area contributed by atoms with Gasteiger partial charge in [0.25, 0.3) is 0 Å². The van der Waals surface area contributed by atoms with E-state index in [4.69, 9.17) is 16.4 Å². The Balaban J connectivity index is 3.07. The topological polar surface area (TPSA) is 67.8 Å². The molecule has 0 aliphatic heterocycles. The average molecular weight is 387 g/mol. The molecule has 0 atom stereocenters. The minimum Gasteiger partial charge on any atom is -0.396 e. The predicted octanol–water partition coefficient (Wildman–Crippen LogP) is 4.39. The number of anilines is 1. The number of alkyl halides is 3. The van der Waals surface area contributed by atoms with E-state index in [2.05, 4.69) is 5.16 Å². The summed E-state index contributed by atoms with van der Waals surface area (Å²) in [6.07, 6.45) is 0.750. The van der Waals surface area contributed by atoms with Gasteiger partial charge in [0.15, 0.2) is 0 Å². The zero-order valence-corrected chi connectivity index (χ0v) is 14.9. The summed E-state index contributed by atoms with van der Waals surface area (Å²) in [6.45, 7) is 5.81. The van der Waals surface area contributed by atoms with E-state index in [9.17, 15) is 21.6 Å². The third-order valence-corrected chi connectivity index (χ3v) is 4.24. The van der Waals surface area contributed by atoms with Crippen molar-refractivity contribution >= 4 is 33.0 Å². The Morgan fingerprint density at radius 3 is 2.54 bits per heavy atom. The molecule has 0 fully saturated rings. The first-order valence-electron chi connectivity index (χ1n) is 6.99. The monoisotopic (exact) mass is 386 g/mol. The molecular weight excluding hydrogens is 369 g/mol. The van der Waals surface area contributed by atoms with Crippen molar-refractivity contribution < 1.29 is 26.4 Å². The van der Waals surface area contributed by atoms with E-state index in [1.54, 1.807) is 0 Å². The predicted molar refractivity (Wildman–Crippen MR) is 87.7 cm³/mol. The van der Waals surface area contributed by atoms with Gasteiger partial charge in [-0.1, -0.05) is 30.6 Å². The standard InChI is InChI=1S/C14H18ClF3N2O3S/c1-9(2)6-7-23-19-10(3)12-8-11(15)4-5-13(12)20-24(21,22)14(16,17)18/h4-5,8-9,20H,6-7H2,1-3H3. The minimum atomic E-state index is -5.54. The Morgan fingerprint density at radius 1 is 1.38 bits per heavy atom. The molecule has 10 heteroatoms. The minimum absolute atomic E-state index is 0.0971. The van der Waals surface area contributed by atoms with Crippen molar-refractivity contribution in [2.75, 3.05) is 11.3 Å². The van der Waals surface area contributed by atoms with Crippen LogP contribution in [0.3, 0.4) is 0 Å². The molecule has 0 radical (unpaired) electrons. The van der Waals surface area contributed by atoms with E-state index in [0.29, 0.717) is 12.5 Å². The molecule has 24 heavy (non-hydrogen) atoms. The van der Waals surface area contributed by atoms with Crippen LogP contribution in [0.5, 0.6) is 0 Å². The quantitative estimate of drug-likeness (QED) is 0.429. The van der Waals surface area contributed by atoms with Crippen LogP contribution in [0.1, 0.15) is 32.8 Å². The van der Waals surface area contributed by atoms with E-state index in [1.807, 2.05) is 13.8 Å². The highest BCUT2D eigenvalue weighted by Crippen LogP contribution is 2.28. The highest BCUT2D eigenvalue weighted by molar-refractivity contribution is 7.93. The SMILES string of the molecule is CC(=NOCCC(C)C)c1cc(Cl)ccc1NS(=O)(=O)C(F)(F)F. The molecule has 0 aliphatic rings. The number of nitrogens with one attached hydrogen (secondary N) is 1. The second kappa shape index (κ2) is 8.06. The first-order valence-corrected chi connectivity index (χ1v) is 8.85. The van der Waals surface area contributed by atoms with Gasteiger partial charge in [0.2, 0.25) is 0 Å². The number of sulfonamides is 1. The van der Waals surface area contributed by atoms with Gasteiger partial charge in [0.1, 0.15) is 6.61 Å². The van der Waals surface area contributed by atoms with Crippen LogP contribution >= 0.6 is 11.6 Å². The lowest BCUT2D eigenvalue weighted by Gasteiger charge is -2.14. The molecule has 1 N–H and O–H groups in total. The molecule has 0 spiro atoms. The number of rotatable bonds is 7. The first-order chi connectivity index (χ1) is 10.9. The molecule has 5 nitrogen and oxygen atoms in total. The van der Waals surface area contributed by atoms with Crippen LogP contribution in [-0.4, -0.2) is 26.2 Å². The van der Waals surface area contributed by atoms with Crippen molar-refractivity contribution in [2.24, 2.45) is 11.1 Å². The summed E-state index contributed by atoms with van der Waals surface area (Å²) in [5.74, 6) is 0.404. The Labute approximate surface area is 143 Å². The number of hydrogen-bond donors (Lipinski definition) is 1. The van der Waals surface area contributed by atoms with Gasteiger partial charge >= 0.3 is 15.5 Å². The van der Waals surface area contributed by atoms with Crippen molar-refractivity contribution in [1.82, 2.24) is 0 Å². The molecule has 136 valence electrons. The Kier molecular flexibility index (Phi) is 6.91. The molecule has 0 aliphatic carbocycles. The molecule has 0 amide bonds. The van der Waals surface area contributed by atoms with E-state index >= 15 is 0 Å². The second-order valence-electron chi connectivity index (χ2n) is 5.43. The smallest absolute Gasteiger partial charge is 0.396 e. The third kappa shape index (κ3) is 5.86. The lowest BCUT2D eigenvalue weighted by atomic mass is 10.1. The summed E-state index contributed by atoms with van der Waals surface area (Å²) in [7, 11) is -5.54. The van der Waals surface area contributed by atoms with Gasteiger partial charge in [-0.15, -0.1) is 0 Å². The molecule has 0 saturated carbocycles. The van der Waals surface area contributed by atoms with Crippen molar-refractivity contribution in [3.8, 4) is 0 Å². The molecule has 0 aromatic heterocycles. The van der Waals surface area contributed by atoms with E-state index in [1.165, 1.54) is 23.8 Å². The zero-order chi connectivity index (χ0) is 18.5. The average Bonchev–Trinajstić information content (AvgIpc) is 2.43. The third-order valence-electron chi connectivity index (χ3n) is 2.91. The van der Waals surface area contributed by atoms with Crippen molar-refractivity contribution in [2.45, 2.75) is 32.7 Å². The van der Waals surface area contributed by atoms with Crippen LogP contribution in [-0.2, 0) is 14.9 Å². The number of oxime groups is 1. The molecule has 0 bridgehead atoms. The number of hydrogen-bond acceptors (Lipinski definition) is 4. The molecule has 1 rings (SSSR count). The fraction of sp³-hybridized carbons (Fsp3) is 0.500. The van der Waals surface area contributed by atoms with Crippen LogP contribution in [0.4, 0.5) is 18.9 Å². The zero-order valence-electron chi connectivity index (χ0n) is 13.3. The van der Waals surface area contributed by atoms with Gasteiger partial charge in [0, 0.05) is 10.6 Å². The fourth-order valence-corrected chi connectivity index (χ4v) is 2.34.